The predicted octanol–water partition coefficient (Wildman–Crippen LogP) is 1.10. The molecule has 2 saturated carbocycles. The summed E-state index contributed by atoms with van der Waals surface area (Å²) >= 11 is 0. The molecule has 4 nitrogen and oxygen atoms in total. The lowest BCUT2D eigenvalue weighted by atomic mass is 9.88. The Labute approximate surface area is 95.7 Å². The molecule has 1 N–H and O–H groups in total. The van der Waals surface area contributed by atoms with E-state index >= 15 is 0 Å². The topological polar surface area (TPSA) is 55.4 Å². The van der Waals surface area contributed by atoms with Crippen molar-refractivity contribution in [3.05, 3.63) is 0 Å². The highest BCUT2D eigenvalue weighted by Gasteiger charge is 2.42. The molecule has 2 aliphatic rings. The van der Waals surface area contributed by atoms with Crippen LogP contribution in [0.4, 0.5) is 0 Å². The SMILES string of the molecule is CCOC(=O)CNC(=O)C1CC2CCC1C2. The van der Waals surface area contributed by atoms with Gasteiger partial charge in [-0.2, -0.15) is 0 Å². The number of fused-ring (bicyclic) bond motifs is 2. The fourth-order valence-corrected chi connectivity index (χ4v) is 3.07. The van der Waals surface area contributed by atoms with Crippen LogP contribution in [0, 0.1) is 17.8 Å². The molecule has 0 aromatic rings. The van der Waals surface area contributed by atoms with Gasteiger partial charge < -0.3 is 10.1 Å². The van der Waals surface area contributed by atoms with Gasteiger partial charge in [0.1, 0.15) is 6.54 Å². The van der Waals surface area contributed by atoms with E-state index in [0.29, 0.717) is 12.5 Å². The minimum absolute atomic E-state index is 0.0144. The number of nitrogens with one attached hydrogen (secondary N) is 1. The van der Waals surface area contributed by atoms with Crippen LogP contribution in [0.15, 0.2) is 0 Å². The highest BCUT2D eigenvalue weighted by molar-refractivity contribution is 5.84. The number of esters is 1. The zero-order valence-electron chi connectivity index (χ0n) is 9.70. The van der Waals surface area contributed by atoms with Gasteiger partial charge in [-0.1, -0.05) is 6.42 Å². The first kappa shape index (κ1) is 11.4. The normalized spacial score (nSPS) is 31.4. The molecule has 0 spiro atoms. The van der Waals surface area contributed by atoms with E-state index in [2.05, 4.69) is 5.32 Å². The summed E-state index contributed by atoms with van der Waals surface area (Å²) in [5.74, 6) is 1.16. The molecule has 0 aliphatic heterocycles. The number of hydrogen-bond donors (Lipinski definition) is 1. The Morgan fingerprint density at radius 1 is 1.31 bits per heavy atom. The summed E-state index contributed by atoms with van der Waals surface area (Å²) in [5, 5.41) is 2.68. The zero-order chi connectivity index (χ0) is 11.5. The maximum absolute atomic E-state index is 11.8. The second-order valence-electron chi connectivity index (χ2n) is 4.80. The Morgan fingerprint density at radius 2 is 2.12 bits per heavy atom. The van der Waals surface area contributed by atoms with Crippen molar-refractivity contribution in [2.24, 2.45) is 17.8 Å². The zero-order valence-corrected chi connectivity index (χ0v) is 9.70. The summed E-state index contributed by atoms with van der Waals surface area (Å²) in [6, 6.07) is 0. The van der Waals surface area contributed by atoms with E-state index in [4.69, 9.17) is 4.74 Å². The summed E-state index contributed by atoms with van der Waals surface area (Å²) < 4.78 is 4.76. The van der Waals surface area contributed by atoms with E-state index < -0.39 is 0 Å². The van der Waals surface area contributed by atoms with Crippen LogP contribution < -0.4 is 5.32 Å². The molecule has 0 heterocycles. The highest BCUT2D eigenvalue weighted by atomic mass is 16.5. The monoisotopic (exact) mass is 225 g/mol. The number of ether oxygens (including phenoxy) is 1. The second kappa shape index (κ2) is 4.85. The van der Waals surface area contributed by atoms with Gasteiger partial charge in [0.05, 0.1) is 6.61 Å². The Balaban J connectivity index is 1.74. The molecule has 3 unspecified atom stereocenters. The van der Waals surface area contributed by atoms with Crippen molar-refractivity contribution in [3.8, 4) is 0 Å². The van der Waals surface area contributed by atoms with Crippen LogP contribution in [-0.4, -0.2) is 25.0 Å². The Bertz CT molecular complexity index is 290. The van der Waals surface area contributed by atoms with E-state index in [0.717, 1.165) is 12.3 Å². The van der Waals surface area contributed by atoms with Gasteiger partial charge in [-0.3, -0.25) is 9.59 Å². The summed E-state index contributed by atoms with van der Waals surface area (Å²) in [6.45, 7) is 2.14. The summed E-state index contributed by atoms with van der Waals surface area (Å²) in [6.07, 6.45) is 4.69. The molecule has 2 rings (SSSR count). The van der Waals surface area contributed by atoms with Gasteiger partial charge in [-0.05, 0) is 38.0 Å². The van der Waals surface area contributed by atoms with Gasteiger partial charge in [0.15, 0.2) is 0 Å². The molecule has 2 fully saturated rings. The van der Waals surface area contributed by atoms with E-state index in [-0.39, 0.29) is 24.3 Å². The number of rotatable bonds is 4. The molecule has 1 amide bonds. The van der Waals surface area contributed by atoms with E-state index in [1.165, 1.54) is 19.3 Å². The molecule has 3 atom stereocenters. The lowest BCUT2D eigenvalue weighted by molar-refractivity contribution is -0.144. The minimum atomic E-state index is -0.348. The van der Waals surface area contributed by atoms with E-state index in [1.807, 2.05) is 0 Å². The van der Waals surface area contributed by atoms with Gasteiger partial charge in [0.2, 0.25) is 5.91 Å². The molecule has 2 bridgehead atoms. The first-order valence-corrected chi connectivity index (χ1v) is 6.14. The average Bonchev–Trinajstić information content (AvgIpc) is 2.88. The lowest BCUT2D eigenvalue weighted by Gasteiger charge is -2.20. The lowest BCUT2D eigenvalue weighted by Crippen LogP contribution is -2.37. The molecular formula is C12H19NO3. The molecule has 2 aliphatic carbocycles. The van der Waals surface area contributed by atoms with Crippen LogP contribution in [0.25, 0.3) is 0 Å². The Morgan fingerprint density at radius 3 is 2.69 bits per heavy atom. The van der Waals surface area contributed by atoms with Gasteiger partial charge in [-0.25, -0.2) is 0 Å². The molecule has 0 saturated heterocycles. The number of carbonyl (C=O) groups excluding carboxylic acids is 2. The van der Waals surface area contributed by atoms with Gasteiger partial charge in [0.25, 0.3) is 0 Å². The molecule has 16 heavy (non-hydrogen) atoms. The summed E-state index contributed by atoms with van der Waals surface area (Å²) in [5.41, 5.74) is 0. The number of carbonyl (C=O) groups is 2. The number of hydrogen-bond acceptors (Lipinski definition) is 3. The van der Waals surface area contributed by atoms with Crippen molar-refractivity contribution in [1.82, 2.24) is 5.32 Å². The molecule has 0 aromatic carbocycles. The van der Waals surface area contributed by atoms with Crippen LogP contribution in [0.5, 0.6) is 0 Å². The Hall–Kier alpha value is -1.06. The van der Waals surface area contributed by atoms with Crippen molar-refractivity contribution < 1.29 is 14.3 Å². The van der Waals surface area contributed by atoms with Crippen molar-refractivity contribution >= 4 is 11.9 Å². The van der Waals surface area contributed by atoms with Crippen molar-refractivity contribution in [3.63, 3.8) is 0 Å². The average molecular weight is 225 g/mol. The van der Waals surface area contributed by atoms with E-state index in [1.54, 1.807) is 6.92 Å². The van der Waals surface area contributed by atoms with Crippen molar-refractivity contribution in [1.29, 1.82) is 0 Å². The Kier molecular flexibility index (Phi) is 3.46. The predicted molar refractivity (Wildman–Crippen MR) is 58.6 cm³/mol. The third-order valence-electron chi connectivity index (χ3n) is 3.79. The fourth-order valence-electron chi connectivity index (χ4n) is 3.07. The minimum Gasteiger partial charge on any atom is -0.465 e. The van der Waals surface area contributed by atoms with Crippen molar-refractivity contribution in [2.45, 2.75) is 32.6 Å². The van der Waals surface area contributed by atoms with Crippen LogP contribution >= 0.6 is 0 Å². The van der Waals surface area contributed by atoms with Crippen molar-refractivity contribution in [2.75, 3.05) is 13.2 Å². The first-order chi connectivity index (χ1) is 7.70. The fraction of sp³-hybridized carbons (Fsp3) is 0.833. The molecule has 4 heteroatoms. The third kappa shape index (κ3) is 2.36. The van der Waals surface area contributed by atoms with Gasteiger partial charge in [0, 0.05) is 5.92 Å². The third-order valence-corrected chi connectivity index (χ3v) is 3.79. The van der Waals surface area contributed by atoms with Crippen LogP contribution in [0.3, 0.4) is 0 Å². The molecule has 0 radical (unpaired) electrons. The molecule has 90 valence electrons. The summed E-state index contributed by atoms with van der Waals surface area (Å²) in [4.78, 5) is 22.9. The van der Waals surface area contributed by atoms with Crippen LogP contribution in [0.1, 0.15) is 32.6 Å². The largest absolute Gasteiger partial charge is 0.465 e. The van der Waals surface area contributed by atoms with Crippen LogP contribution in [0.2, 0.25) is 0 Å². The smallest absolute Gasteiger partial charge is 0.325 e. The van der Waals surface area contributed by atoms with Gasteiger partial charge in [-0.15, -0.1) is 0 Å². The summed E-state index contributed by atoms with van der Waals surface area (Å²) in [7, 11) is 0. The van der Waals surface area contributed by atoms with Crippen LogP contribution in [-0.2, 0) is 14.3 Å². The maximum atomic E-state index is 11.8. The molecule has 0 aromatic heterocycles. The first-order valence-electron chi connectivity index (χ1n) is 6.14. The van der Waals surface area contributed by atoms with Gasteiger partial charge >= 0.3 is 5.97 Å². The quantitative estimate of drug-likeness (QED) is 0.729. The van der Waals surface area contributed by atoms with E-state index in [9.17, 15) is 9.59 Å². The molecular weight excluding hydrogens is 206 g/mol. The number of amides is 1. The standard InChI is InChI=1S/C12H19NO3/c1-2-16-11(14)7-13-12(15)10-6-8-3-4-9(10)5-8/h8-10H,2-7H2,1H3,(H,13,15). The second-order valence-corrected chi connectivity index (χ2v) is 4.80. The maximum Gasteiger partial charge on any atom is 0.325 e. The highest BCUT2D eigenvalue weighted by Crippen LogP contribution is 2.48.